The summed E-state index contributed by atoms with van der Waals surface area (Å²) in [6.07, 6.45) is 1.40. The molecule has 0 bridgehead atoms. The van der Waals surface area contributed by atoms with Crippen LogP contribution in [0.15, 0.2) is 24.5 Å². The maximum absolute atomic E-state index is 9.14. The first-order valence-electron chi connectivity index (χ1n) is 3.46. The third-order valence-electron chi connectivity index (χ3n) is 1.65. The Kier molecular flexibility index (Phi) is 1.33. The van der Waals surface area contributed by atoms with Crippen molar-refractivity contribution in [3.63, 3.8) is 0 Å². The fraction of sp³-hybridized carbons (Fsp3) is 0. The quantitative estimate of drug-likeness (QED) is 0.602. The standard InChI is InChI=1S/C8H7N3O/c9-8-6-3-5(12)1-2-7(6)10-4-11-8/h1-4,12H,(H2,9,10,11). The van der Waals surface area contributed by atoms with Crippen LogP contribution < -0.4 is 5.73 Å². The van der Waals surface area contributed by atoms with E-state index in [2.05, 4.69) is 9.97 Å². The van der Waals surface area contributed by atoms with Crippen molar-refractivity contribution >= 4 is 16.7 Å². The van der Waals surface area contributed by atoms with Gasteiger partial charge in [0.1, 0.15) is 17.9 Å². The van der Waals surface area contributed by atoms with E-state index in [9.17, 15) is 0 Å². The molecule has 1 aromatic carbocycles. The second-order valence-electron chi connectivity index (χ2n) is 2.46. The molecule has 0 fully saturated rings. The van der Waals surface area contributed by atoms with E-state index in [0.29, 0.717) is 11.2 Å². The number of nitrogens with two attached hydrogens (primary N) is 1. The minimum atomic E-state index is 0.170. The fourth-order valence-corrected chi connectivity index (χ4v) is 1.06. The van der Waals surface area contributed by atoms with Crippen LogP contribution in [0.1, 0.15) is 0 Å². The molecular weight excluding hydrogens is 154 g/mol. The summed E-state index contributed by atoms with van der Waals surface area (Å²) < 4.78 is 0. The number of hydrogen-bond acceptors (Lipinski definition) is 4. The van der Waals surface area contributed by atoms with Gasteiger partial charge >= 0.3 is 0 Å². The molecule has 0 aliphatic carbocycles. The summed E-state index contributed by atoms with van der Waals surface area (Å²) in [4.78, 5) is 7.78. The number of anilines is 1. The van der Waals surface area contributed by atoms with Crippen molar-refractivity contribution < 1.29 is 5.11 Å². The van der Waals surface area contributed by atoms with Gasteiger partial charge in [0.05, 0.1) is 5.52 Å². The van der Waals surface area contributed by atoms with Gasteiger partial charge in [0.15, 0.2) is 0 Å². The number of aromatic nitrogens is 2. The summed E-state index contributed by atoms with van der Waals surface area (Å²) in [5, 5.41) is 9.82. The fourth-order valence-electron chi connectivity index (χ4n) is 1.06. The summed E-state index contributed by atoms with van der Waals surface area (Å²) in [5.41, 5.74) is 6.30. The SMILES string of the molecule is Nc1ncnc2ccc(O)cc12. The average Bonchev–Trinajstić information content (AvgIpc) is 2.07. The van der Waals surface area contributed by atoms with Gasteiger partial charge in [-0.1, -0.05) is 0 Å². The third kappa shape index (κ3) is 0.934. The Hall–Kier alpha value is -1.84. The number of hydrogen-bond donors (Lipinski definition) is 2. The lowest BCUT2D eigenvalue weighted by atomic mass is 10.2. The van der Waals surface area contributed by atoms with Gasteiger partial charge < -0.3 is 10.8 Å². The Morgan fingerprint density at radius 2 is 2.08 bits per heavy atom. The molecular formula is C8H7N3O. The summed E-state index contributed by atoms with van der Waals surface area (Å²) in [5.74, 6) is 0.555. The number of benzene rings is 1. The van der Waals surface area contributed by atoms with Crippen LogP contribution in [0.3, 0.4) is 0 Å². The summed E-state index contributed by atoms with van der Waals surface area (Å²) in [6, 6.07) is 4.81. The highest BCUT2D eigenvalue weighted by Crippen LogP contribution is 2.20. The van der Waals surface area contributed by atoms with Gasteiger partial charge in [-0.25, -0.2) is 9.97 Å². The smallest absolute Gasteiger partial charge is 0.134 e. The number of nitrogens with zero attached hydrogens (tertiary/aromatic N) is 2. The van der Waals surface area contributed by atoms with Crippen LogP contribution in [0.2, 0.25) is 0 Å². The molecule has 60 valence electrons. The molecule has 0 radical (unpaired) electrons. The van der Waals surface area contributed by atoms with Crippen molar-refractivity contribution in [1.82, 2.24) is 9.97 Å². The van der Waals surface area contributed by atoms with Crippen molar-refractivity contribution in [2.75, 3.05) is 5.73 Å². The molecule has 2 aromatic rings. The van der Waals surface area contributed by atoms with Crippen molar-refractivity contribution in [2.45, 2.75) is 0 Å². The van der Waals surface area contributed by atoms with E-state index < -0.39 is 0 Å². The number of rotatable bonds is 0. The van der Waals surface area contributed by atoms with Gasteiger partial charge in [-0.3, -0.25) is 0 Å². The first kappa shape index (κ1) is 6.84. The summed E-state index contributed by atoms with van der Waals surface area (Å²) >= 11 is 0. The van der Waals surface area contributed by atoms with E-state index in [4.69, 9.17) is 10.8 Å². The topological polar surface area (TPSA) is 72.0 Å². The summed E-state index contributed by atoms with van der Waals surface area (Å²) in [6.45, 7) is 0. The highest BCUT2D eigenvalue weighted by Gasteiger charge is 1.99. The molecule has 4 heteroatoms. The molecule has 4 nitrogen and oxygen atoms in total. The van der Waals surface area contributed by atoms with Crippen LogP contribution in [-0.4, -0.2) is 15.1 Å². The Labute approximate surface area is 68.7 Å². The Bertz CT molecular complexity index is 428. The average molecular weight is 161 g/mol. The highest BCUT2D eigenvalue weighted by atomic mass is 16.3. The Morgan fingerprint density at radius 1 is 1.25 bits per heavy atom. The van der Waals surface area contributed by atoms with E-state index in [-0.39, 0.29) is 5.75 Å². The molecule has 12 heavy (non-hydrogen) atoms. The third-order valence-corrected chi connectivity index (χ3v) is 1.65. The van der Waals surface area contributed by atoms with Crippen LogP contribution in [-0.2, 0) is 0 Å². The Morgan fingerprint density at radius 3 is 2.92 bits per heavy atom. The van der Waals surface area contributed by atoms with E-state index in [0.717, 1.165) is 5.52 Å². The lowest BCUT2D eigenvalue weighted by Gasteiger charge is -1.99. The second kappa shape index (κ2) is 2.34. The van der Waals surface area contributed by atoms with Crippen LogP contribution in [0, 0.1) is 0 Å². The molecule has 0 saturated heterocycles. The molecule has 0 aliphatic rings. The van der Waals surface area contributed by atoms with Crippen molar-refractivity contribution in [2.24, 2.45) is 0 Å². The molecule has 0 unspecified atom stereocenters. The number of nitrogen functional groups attached to an aromatic ring is 1. The first-order chi connectivity index (χ1) is 5.77. The van der Waals surface area contributed by atoms with Gasteiger partial charge in [0.2, 0.25) is 0 Å². The predicted octanol–water partition coefficient (Wildman–Crippen LogP) is 0.918. The van der Waals surface area contributed by atoms with Crippen LogP contribution in [0.5, 0.6) is 5.75 Å². The van der Waals surface area contributed by atoms with E-state index in [1.165, 1.54) is 6.33 Å². The normalized spacial score (nSPS) is 10.3. The van der Waals surface area contributed by atoms with Crippen LogP contribution in [0.25, 0.3) is 10.9 Å². The largest absolute Gasteiger partial charge is 0.508 e. The predicted molar refractivity (Wildman–Crippen MR) is 45.6 cm³/mol. The lowest BCUT2D eigenvalue weighted by molar-refractivity contribution is 0.476. The molecule has 1 aromatic heterocycles. The Balaban J connectivity index is 2.88. The number of phenols is 1. The van der Waals surface area contributed by atoms with E-state index in [1.54, 1.807) is 18.2 Å². The maximum atomic E-state index is 9.14. The van der Waals surface area contributed by atoms with E-state index >= 15 is 0 Å². The maximum Gasteiger partial charge on any atom is 0.134 e. The number of fused-ring (bicyclic) bond motifs is 1. The second-order valence-corrected chi connectivity index (χ2v) is 2.46. The minimum Gasteiger partial charge on any atom is -0.508 e. The van der Waals surface area contributed by atoms with Gasteiger partial charge in [-0.15, -0.1) is 0 Å². The first-order valence-corrected chi connectivity index (χ1v) is 3.46. The zero-order valence-electron chi connectivity index (χ0n) is 6.23. The lowest BCUT2D eigenvalue weighted by Crippen LogP contribution is -1.92. The molecule has 0 amide bonds. The summed E-state index contributed by atoms with van der Waals surface area (Å²) in [7, 11) is 0. The monoisotopic (exact) mass is 161 g/mol. The number of aromatic hydroxyl groups is 1. The van der Waals surface area contributed by atoms with Gasteiger partial charge in [0.25, 0.3) is 0 Å². The van der Waals surface area contributed by atoms with Crippen molar-refractivity contribution in [3.05, 3.63) is 24.5 Å². The zero-order chi connectivity index (χ0) is 8.55. The molecule has 0 aliphatic heterocycles. The molecule has 0 spiro atoms. The van der Waals surface area contributed by atoms with Gasteiger partial charge in [0, 0.05) is 5.39 Å². The van der Waals surface area contributed by atoms with Gasteiger partial charge in [-0.05, 0) is 18.2 Å². The molecule has 1 heterocycles. The number of phenolic OH excluding ortho intramolecular Hbond substituents is 1. The van der Waals surface area contributed by atoms with Crippen LogP contribution in [0.4, 0.5) is 5.82 Å². The van der Waals surface area contributed by atoms with Crippen molar-refractivity contribution in [1.29, 1.82) is 0 Å². The molecule has 0 saturated carbocycles. The van der Waals surface area contributed by atoms with Crippen LogP contribution >= 0.6 is 0 Å². The van der Waals surface area contributed by atoms with Crippen molar-refractivity contribution in [3.8, 4) is 5.75 Å². The molecule has 2 rings (SSSR count). The molecule has 3 N–H and O–H groups in total. The van der Waals surface area contributed by atoms with E-state index in [1.807, 2.05) is 0 Å². The minimum absolute atomic E-state index is 0.170. The highest BCUT2D eigenvalue weighted by molar-refractivity contribution is 5.88. The zero-order valence-corrected chi connectivity index (χ0v) is 6.23. The molecule has 0 atom stereocenters. The van der Waals surface area contributed by atoms with Gasteiger partial charge in [-0.2, -0.15) is 0 Å².